The van der Waals surface area contributed by atoms with Crippen LogP contribution in [-0.4, -0.2) is 19.0 Å². The quantitative estimate of drug-likeness (QED) is 0.576. The van der Waals surface area contributed by atoms with Gasteiger partial charge >= 0.3 is 0 Å². The second-order valence-electron chi connectivity index (χ2n) is 4.58. The number of alkyl halides is 1. The highest BCUT2D eigenvalue weighted by atomic mass is 35.5. The van der Waals surface area contributed by atoms with Crippen LogP contribution in [0.3, 0.4) is 0 Å². The third-order valence-electron chi connectivity index (χ3n) is 3.00. The normalized spacial score (nSPS) is 10.2. The average Bonchev–Trinajstić information content (AvgIpc) is 2.50. The van der Waals surface area contributed by atoms with Gasteiger partial charge in [0.1, 0.15) is 5.75 Å². The highest BCUT2D eigenvalue weighted by molar-refractivity contribution is 6.17. The Labute approximate surface area is 125 Å². The Morgan fingerprint density at radius 2 is 1.70 bits per heavy atom. The molecular formula is C17H20ClNO. The van der Waals surface area contributed by atoms with Crippen molar-refractivity contribution in [2.75, 3.05) is 24.3 Å². The monoisotopic (exact) mass is 289 g/mol. The third-order valence-corrected chi connectivity index (χ3v) is 3.19. The molecule has 3 heteroatoms. The van der Waals surface area contributed by atoms with Gasteiger partial charge in [-0.15, -0.1) is 11.6 Å². The largest absolute Gasteiger partial charge is 0.494 e. The van der Waals surface area contributed by atoms with Gasteiger partial charge in [0, 0.05) is 18.1 Å². The summed E-state index contributed by atoms with van der Waals surface area (Å²) in [5.41, 5.74) is 2.42. The number of rotatable bonds is 8. The van der Waals surface area contributed by atoms with E-state index < -0.39 is 0 Å². The lowest BCUT2D eigenvalue weighted by Crippen LogP contribution is -2.07. The first-order valence-electron chi connectivity index (χ1n) is 6.95. The zero-order chi connectivity index (χ0) is 14.0. The zero-order valence-corrected chi connectivity index (χ0v) is 12.3. The summed E-state index contributed by atoms with van der Waals surface area (Å²) in [6, 6.07) is 18.3. The van der Waals surface area contributed by atoms with Gasteiger partial charge < -0.3 is 10.1 Å². The molecule has 1 N–H and O–H groups in total. The average molecular weight is 290 g/mol. The summed E-state index contributed by atoms with van der Waals surface area (Å²) in [4.78, 5) is 0. The van der Waals surface area contributed by atoms with Crippen LogP contribution in [0.2, 0.25) is 0 Å². The number of anilines is 1. The van der Waals surface area contributed by atoms with Gasteiger partial charge in [0.25, 0.3) is 0 Å². The smallest absolute Gasteiger partial charge is 0.119 e. The van der Waals surface area contributed by atoms with Gasteiger partial charge in [-0.05, 0) is 42.7 Å². The molecule has 0 aliphatic heterocycles. The van der Waals surface area contributed by atoms with Crippen molar-refractivity contribution in [3.63, 3.8) is 0 Å². The summed E-state index contributed by atoms with van der Waals surface area (Å²) in [5, 5.41) is 3.39. The lowest BCUT2D eigenvalue weighted by atomic mass is 10.1. The molecule has 0 bridgehead atoms. The molecule has 2 aromatic carbocycles. The Hall–Kier alpha value is -1.67. The van der Waals surface area contributed by atoms with Crippen LogP contribution in [0.25, 0.3) is 0 Å². The van der Waals surface area contributed by atoms with E-state index in [1.165, 1.54) is 5.56 Å². The maximum atomic E-state index is 5.72. The summed E-state index contributed by atoms with van der Waals surface area (Å²) >= 11 is 5.72. The summed E-state index contributed by atoms with van der Waals surface area (Å²) in [6.07, 6.45) is 1.89. The molecule has 0 saturated heterocycles. The first-order chi connectivity index (χ1) is 9.88. The lowest BCUT2D eigenvalue weighted by molar-refractivity contribution is 0.315. The lowest BCUT2D eigenvalue weighted by Gasteiger charge is -2.08. The predicted octanol–water partition coefficient (Wildman–Crippen LogP) is 4.35. The predicted molar refractivity (Wildman–Crippen MR) is 85.9 cm³/mol. The number of ether oxygens (including phenoxy) is 1. The summed E-state index contributed by atoms with van der Waals surface area (Å²) in [6.45, 7) is 1.63. The topological polar surface area (TPSA) is 21.3 Å². The Balaban J connectivity index is 1.63. The van der Waals surface area contributed by atoms with E-state index in [0.29, 0.717) is 5.88 Å². The first kappa shape index (κ1) is 14.7. The van der Waals surface area contributed by atoms with Crippen LogP contribution in [0, 0.1) is 0 Å². The Bertz CT molecular complexity index is 484. The van der Waals surface area contributed by atoms with Gasteiger partial charge in [-0.3, -0.25) is 0 Å². The number of benzene rings is 2. The van der Waals surface area contributed by atoms with Crippen molar-refractivity contribution in [1.29, 1.82) is 0 Å². The van der Waals surface area contributed by atoms with E-state index in [4.69, 9.17) is 16.3 Å². The summed E-state index contributed by atoms with van der Waals surface area (Å²) < 4.78 is 5.64. The van der Waals surface area contributed by atoms with Gasteiger partial charge in [-0.25, -0.2) is 0 Å². The van der Waals surface area contributed by atoms with Crippen LogP contribution >= 0.6 is 11.6 Å². The molecule has 20 heavy (non-hydrogen) atoms. The van der Waals surface area contributed by atoms with E-state index in [1.54, 1.807) is 0 Å². The summed E-state index contributed by atoms with van der Waals surface area (Å²) in [7, 11) is 0. The molecule has 0 atom stereocenters. The minimum absolute atomic E-state index is 0.670. The van der Waals surface area contributed by atoms with Crippen molar-refractivity contribution in [2.45, 2.75) is 12.8 Å². The summed E-state index contributed by atoms with van der Waals surface area (Å²) in [5.74, 6) is 1.60. The molecule has 106 valence electrons. The van der Waals surface area contributed by atoms with Crippen molar-refractivity contribution < 1.29 is 4.74 Å². The fraction of sp³-hybridized carbons (Fsp3) is 0.294. The molecular weight excluding hydrogens is 270 g/mol. The van der Waals surface area contributed by atoms with Crippen LogP contribution in [0.5, 0.6) is 5.75 Å². The molecule has 0 aliphatic rings. The Morgan fingerprint density at radius 3 is 2.40 bits per heavy atom. The molecule has 0 amide bonds. The highest BCUT2D eigenvalue weighted by Crippen LogP contribution is 2.11. The Kier molecular flexibility index (Phi) is 6.25. The SMILES string of the molecule is ClCCc1ccc(NCCCOc2ccccc2)cc1. The van der Waals surface area contributed by atoms with Gasteiger partial charge in [-0.2, -0.15) is 0 Å². The van der Waals surface area contributed by atoms with Gasteiger partial charge in [0.05, 0.1) is 6.61 Å². The number of nitrogens with one attached hydrogen (secondary N) is 1. The minimum Gasteiger partial charge on any atom is -0.494 e. The van der Waals surface area contributed by atoms with Crippen LogP contribution in [-0.2, 0) is 6.42 Å². The molecule has 0 radical (unpaired) electrons. The molecule has 2 nitrogen and oxygen atoms in total. The molecule has 0 heterocycles. The Morgan fingerprint density at radius 1 is 0.950 bits per heavy atom. The second-order valence-corrected chi connectivity index (χ2v) is 4.96. The molecule has 2 rings (SSSR count). The van der Waals surface area contributed by atoms with Crippen LogP contribution in [0.1, 0.15) is 12.0 Å². The van der Waals surface area contributed by atoms with E-state index in [0.717, 1.165) is 37.4 Å². The molecule has 2 aromatic rings. The van der Waals surface area contributed by atoms with E-state index >= 15 is 0 Å². The van der Waals surface area contributed by atoms with E-state index in [-0.39, 0.29) is 0 Å². The highest BCUT2D eigenvalue weighted by Gasteiger charge is 1.95. The molecule has 0 fully saturated rings. The number of halogens is 1. The van der Waals surface area contributed by atoms with Crippen molar-refractivity contribution in [3.05, 3.63) is 60.2 Å². The van der Waals surface area contributed by atoms with E-state index in [2.05, 4.69) is 29.6 Å². The van der Waals surface area contributed by atoms with Crippen LogP contribution in [0.4, 0.5) is 5.69 Å². The number of para-hydroxylation sites is 1. The molecule has 0 saturated carbocycles. The maximum Gasteiger partial charge on any atom is 0.119 e. The van der Waals surface area contributed by atoms with Gasteiger partial charge in [-0.1, -0.05) is 30.3 Å². The fourth-order valence-electron chi connectivity index (χ4n) is 1.91. The minimum atomic E-state index is 0.670. The standard InChI is InChI=1S/C17H20ClNO/c18-12-11-15-7-9-16(10-8-15)19-13-4-14-20-17-5-2-1-3-6-17/h1-3,5-10,19H,4,11-14H2. The molecule has 0 aromatic heterocycles. The zero-order valence-electron chi connectivity index (χ0n) is 11.5. The van der Waals surface area contributed by atoms with Crippen molar-refractivity contribution >= 4 is 17.3 Å². The van der Waals surface area contributed by atoms with Crippen LogP contribution in [0.15, 0.2) is 54.6 Å². The second kappa shape index (κ2) is 8.49. The van der Waals surface area contributed by atoms with Crippen LogP contribution < -0.4 is 10.1 Å². The van der Waals surface area contributed by atoms with E-state index in [1.807, 2.05) is 30.3 Å². The van der Waals surface area contributed by atoms with Crippen molar-refractivity contribution in [3.8, 4) is 5.75 Å². The van der Waals surface area contributed by atoms with Crippen molar-refractivity contribution in [2.24, 2.45) is 0 Å². The maximum absolute atomic E-state index is 5.72. The number of hydrogen-bond donors (Lipinski definition) is 1. The van der Waals surface area contributed by atoms with Crippen molar-refractivity contribution in [1.82, 2.24) is 0 Å². The molecule has 0 spiro atoms. The first-order valence-corrected chi connectivity index (χ1v) is 7.48. The van der Waals surface area contributed by atoms with E-state index in [9.17, 15) is 0 Å². The number of hydrogen-bond acceptors (Lipinski definition) is 2. The van der Waals surface area contributed by atoms with Gasteiger partial charge in [0.15, 0.2) is 0 Å². The molecule has 0 aliphatic carbocycles. The third kappa shape index (κ3) is 5.14. The molecule has 0 unspecified atom stereocenters. The fourth-order valence-corrected chi connectivity index (χ4v) is 2.13. The number of aryl methyl sites for hydroxylation is 1. The van der Waals surface area contributed by atoms with Gasteiger partial charge in [0.2, 0.25) is 0 Å².